The van der Waals surface area contributed by atoms with Gasteiger partial charge in [0.15, 0.2) is 23.1 Å². The van der Waals surface area contributed by atoms with Crippen LogP contribution in [0.5, 0.6) is 11.5 Å². The molecule has 0 fully saturated rings. The summed E-state index contributed by atoms with van der Waals surface area (Å²) in [4.78, 5) is 50.1. The number of nitrogens with zero attached hydrogens (tertiary/aromatic N) is 8. The molecule has 2 aliphatic heterocycles. The van der Waals surface area contributed by atoms with Crippen LogP contribution in [0.4, 0.5) is 66.5 Å². The molecule has 0 unspecified atom stereocenters. The van der Waals surface area contributed by atoms with Crippen LogP contribution >= 0.6 is 11.6 Å². The Labute approximate surface area is 383 Å². The van der Waals surface area contributed by atoms with Crippen LogP contribution in [-0.4, -0.2) is 69.9 Å². The second kappa shape index (κ2) is 20.8. The molecule has 8 rings (SSSR count). The van der Waals surface area contributed by atoms with Gasteiger partial charge < -0.3 is 45.3 Å². The first kappa shape index (κ1) is 48.3. The van der Waals surface area contributed by atoms with E-state index in [2.05, 4.69) is 40.3 Å². The lowest BCUT2D eigenvalue weighted by atomic mass is 10.1. The first-order valence-electron chi connectivity index (χ1n) is 19.5. The van der Waals surface area contributed by atoms with Crippen LogP contribution in [0.15, 0.2) is 72.8 Å². The van der Waals surface area contributed by atoms with Crippen molar-refractivity contribution in [2.24, 2.45) is 0 Å². The highest BCUT2D eigenvalue weighted by Crippen LogP contribution is 2.38. The summed E-state index contributed by atoms with van der Waals surface area (Å²) < 4.78 is 88.5. The second-order valence-electron chi connectivity index (χ2n) is 14.4. The van der Waals surface area contributed by atoms with Crippen LogP contribution in [0.3, 0.4) is 0 Å². The second-order valence-corrected chi connectivity index (χ2v) is 14.8. The quantitative estimate of drug-likeness (QED) is 0.0679. The largest absolute Gasteiger partial charge is 0.492 e. The Balaban J connectivity index is 0.000000186. The minimum absolute atomic E-state index is 0.00522. The Morgan fingerprint density at radius 1 is 0.687 bits per heavy atom. The number of ether oxygens (including phenoxy) is 2. The Morgan fingerprint density at radius 2 is 1.16 bits per heavy atom. The van der Waals surface area contributed by atoms with E-state index in [9.17, 15) is 35.9 Å². The molecule has 2 amide bonds. The summed E-state index contributed by atoms with van der Waals surface area (Å²) in [6.45, 7) is 14.4. The third-order valence-electron chi connectivity index (χ3n) is 9.92. The molecular formula is C45H36ClF6N11O4. The number of aromatic nitrogens is 4. The number of hydrogen-bond acceptors (Lipinski definition) is 11. The van der Waals surface area contributed by atoms with E-state index >= 15 is 0 Å². The molecule has 0 saturated heterocycles. The van der Waals surface area contributed by atoms with Gasteiger partial charge in [0.1, 0.15) is 10.8 Å². The number of rotatable bonds is 10. The minimum Gasteiger partial charge on any atom is -0.492 e. The number of benzene rings is 2. The van der Waals surface area contributed by atoms with Crippen LogP contribution in [0.2, 0.25) is 5.15 Å². The number of hydrogen-bond donors (Lipinski definition) is 3. The molecule has 0 saturated carbocycles. The van der Waals surface area contributed by atoms with Crippen molar-refractivity contribution in [2.75, 3.05) is 44.7 Å². The topological polar surface area (TPSA) is 169 Å². The molecule has 15 nitrogen and oxygen atoms in total. The third-order valence-corrected chi connectivity index (χ3v) is 10.1. The molecule has 67 heavy (non-hydrogen) atoms. The van der Waals surface area contributed by atoms with Gasteiger partial charge in [0.2, 0.25) is 5.82 Å². The Bertz CT molecular complexity index is 2970. The van der Waals surface area contributed by atoms with Crippen molar-refractivity contribution in [3.05, 3.63) is 157 Å². The van der Waals surface area contributed by atoms with E-state index in [0.717, 1.165) is 6.07 Å². The lowest BCUT2D eigenvalue weighted by molar-refractivity contribution is 0.0809. The molecule has 0 spiro atoms. The molecule has 2 aromatic carbocycles. The molecular weight excluding hydrogens is 908 g/mol. The van der Waals surface area contributed by atoms with Crippen LogP contribution in [0.25, 0.3) is 9.69 Å². The molecule has 6 heterocycles. The lowest BCUT2D eigenvalue weighted by Gasteiger charge is -2.15. The average molecular weight is 944 g/mol. The molecule has 0 radical (unpaired) electrons. The number of nitrogens with one attached hydrogen (secondary N) is 2. The molecule has 6 aromatic rings. The van der Waals surface area contributed by atoms with E-state index in [1.54, 1.807) is 49.3 Å². The maximum Gasteiger partial charge on any atom is 0.280 e. The Morgan fingerprint density at radius 3 is 1.66 bits per heavy atom. The maximum absolute atomic E-state index is 14.2. The number of alkyl halides is 4. The fraction of sp³-hybridized carbons (Fsp3) is 0.200. The number of nitrogen functional groups attached to an aromatic ring is 1. The van der Waals surface area contributed by atoms with Crippen LogP contribution < -0.4 is 25.8 Å². The van der Waals surface area contributed by atoms with E-state index in [1.807, 2.05) is 0 Å². The number of carbonyl (C=O) groups is 2. The summed E-state index contributed by atoms with van der Waals surface area (Å²) in [6.07, 6.45) is -5.33. The van der Waals surface area contributed by atoms with Gasteiger partial charge in [-0.1, -0.05) is 49.0 Å². The fourth-order valence-electron chi connectivity index (χ4n) is 6.88. The van der Waals surface area contributed by atoms with Crippen LogP contribution in [0, 0.1) is 24.8 Å². The summed E-state index contributed by atoms with van der Waals surface area (Å²) in [5.41, 5.74) is 8.82. The minimum atomic E-state index is -2.80. The van der Waals surface area contributed by atoms with E-state index < -0.39 is 30.0 Å². The van der Waals surface area contributed by atoms with Crippen molar-refractivity contribution in [1.29, 1.82) is 0 Å². The Hall–Kier alpha value is -8.17. The summed E-state index contributed by atoms with van der Waals surface area (Å²) in [5, 5.41) is 6.35. The summed E-state index contributed by atoms with van der Waals surface area (Å²) in [5.74, 6) is -2.00. The number of methoxy groups -OCH3 is 2. The molecule has 4 N–H and O–H groups in total. The predicted octanol–water partition coefficient (Wildman–Crippen LogP) is 10.4. The van der Waals surface area contributed by atoms with Crippen molar-refractivity contribution in [3.63, 3.8) is 0 Å². The van der Waals surface area contributed by atoms with E-state index in [4.69, 9.17) is 40.0 Å². The summed E-state index contributed by atoms with van der Waals surface area (Å²) >= 11 is 6.01. The molecule has 4 aromatic heterocycles. The van der Waals surface area contributed by atoms with Gasteiger partial charge in [0, 0.05) is 31.3 Å². The number of anilines is 5. The van der Waals surface area contributed by atoms with Gasteiger partial charge in [-0.2, -0.15) is 0 Å². The van der Waals surface area contributed by atoms with Gasteiger partial charge in [-0.25, -0.2) is 31.3 Å². The smallest absolute Gasteiger partial charge is 0.280 e. The zero-order valence-corrected chi connectivity index (χ0v) is 36.4. The van der Waals surface area contributed by atoms with Gasteiger partial charge in [0.05, 0.1) is 84.7 Å². The van der Waals surface area contributed by atoms with Crippen LogP contribution in [0.1, 0.15) is 67.5 Å². The first-order chi connectivity index (χ1) is 32.0. The van der Waals surface area contributed by atoms with Gasteiger partial charge in [-0.15, -0.1) is 9.97 Å². The zero-order valence-electron chi connectivity index (χ0n) is 35.6. The molecule has 344 valence electrons. The predicted molar refractivity (Wildman–Crippen MR) is 236 cm³/mol. The highest BCUT2D eigenvalue weighted by atomic mass is 35.5. The van der Waals surface area contributed by atoms with E-state index in [1.165, 1.54) is 55.5 Å². The zero-order chi connectivity index (χ0) is 48.7. The highest BCUT2D eigenvalue weighted by molar-refractivity contribution is 6.30. The standard InChI is InChI=1S/C23H18F3N5O2.C15H13ClFN3O2.C7H5F2N3/c1-27-22-14(21(25)26)8-7-12(29-22)9-13-10-17(19-18(28-13)11-31(2)23(19)32)30-16-6-4-5-15(24)20(16)33-3;1-20-7-11-13(15(20)21)10(6-12(16)19-11)18-9-5-3-4-8(17)14(9)22-2;1-11-7-4(6(8)9)2-3-5(10)12-7/h4-8,10,21H,9,11H2,2-3H3,(H,28,30);3-6H,7H2,1-2H3,(H,18,19);2-3,6H,(H2,10,12). The number of para-hydroxylation sites is 2. The van der Waals surface area contributed by atoms with Crippen molar-refractivity contribution in [1.82, 2.24) is 29.7 Å². The average Bonchev–Trinajstić information content (AvgIpc) is 3.74. The van der Waals surface area contributed by atoms with Crippen LogP contribution in [-0.2, 0) is 19.5 Å². The normalized spacial score (nSPS) is 12.3. The molecule has 2 aliphatic rings. The van der Waals surface area contributed by atoms with Gasteiger partial charge in [-0.3, -0.25) is 14.6 Å². The number of amides is 2. The van der Waals surface area contributed by atoms with E-state index in [0.29, 0.717) is 63.2 Å². The van der Waals surface area contributed by atoms with Gasteiger partial charge in [0.25, 0.3) is 36.3 Å². The van der Waals surface area contributed by atoms with Crippen molar-refractivity contribution in [2.45, 2.75) is 32.4 Å². The van der Waals surface area contributed by atoms with Crippen molar-refractivity contribution >= 4 is 63.6 Å². The number of nitrogens with two attached hydrogens (primary N) is 1. The van der Waals surface area contributed by atoms with Crippen molar-refractivity contribution < 1.29 is 45.4 Å². The SMILES string of the molecule is COc1c(F)cccc1Nc1cc(Cl)nc2c1C(=O)N(C)C2.[C-]#[N+]c1nc(Cc2cc(Nc3cccc(F)c3OC)c3c(n2)CN(C)C3=O)ccc1C(F)F.[C-]#[N+]c1nc(N)ccc1C(F)F. The maximum atomic E-state index is 14.2. The number of carbonyl (C=O) groups excluding carboxylic acids is 2. The highest BCUT2D eigenvalue weighted by Gasteiger charge is 2.32. The van der Waals surface area contributed by atoms with Gasteiger partial charge >= 0.3 is 0 Å². The third kappa shape index (κ3) is 10.7. The number of halogens is 7. The summed E-state index contributed by atoms with van der Waals surface area (Å²) in [6, 6.07) is 17.0. The fourth-order valence-corrected chi connectivity index (χ4v) is 7.09. The molecule has 0 bridgehead atoms. The first-order valence-corrected chi connectivity index (χ1v) is 19.9. The number of fused-ring (bicyclic) bond motifs is 2. The van der Waals surface area contributed by atoms with Crippen molar-refractivity contribution in [3.8, 4) is 11.5 Å². The summed E-state index contributed by atoms with van der Waals surface area (Å²) in [7, 11) is 6.05. The lowest BCUT2D eigenvalue weighted by Crippen LogP contribution is -2.18. The molecule has 22 heteroatoms. The molecule has 0 atom stereocenters. The monoisotopic (exact) mass is 943 g/mol. The Kier molecular flexibility index (Phi) is 15.0. The number of pyridine rings is 4. The van der Waals surface area contributed by atoms with E-state index in [-0.39, 0.29) is 64.4 Å². The van der Waals surface area contributed by atoms with Gasteiger partial charge in [-0.05, 0) is 42.5 Å². The molecule has 0 aliphatic carbocycles.